The van der Waals surface area contributed by atoms with Crippen LogP contribution in [0.25, 0.3) is 0 Å². The third-order valence-electron chi connectivity index (χ3n) is 3.42. The zero-order chi connectivity index (χ0) is 10.1. The molecule has 2 atom stereocenters. The summed E-state index contributed by atoms with van der Waals surface area (Å²) in [5.74, 6) is 0.798. The van der Waals surface area contributed by atoms with E-state index in [1.165, 1.54) is 4.90 Å². The molecule has 1 aliphatic carbocycles. The third-order valence-corrected chi connectivity index (χ3v) is 3.42. The maximum Gasteiger partial charge on any atom is 0.407 e. The van der Waals surface area contributed by atoms with Crippen molar-refractivity contribution in [2.75, 3.05) is 13.1 Å². The number of fused-ring (bicyclic) bond motifs is 1. The van der Waals surface area contributed by atoms with Gasteiger partial charge in [-0.05, 0) is 25.2 Å². The fourth-order valence-electron chi connectivity index (χ4n) is 2.65. The highest BCUT2D eigenvalue weighted by atomic mass is 16.4. The summed E-state index contributed by atoms with van der Waals surface area (Å²) < 4.78 is 0. The third kappa shape index (κ3) is 1.61. The summed E-state index contributed by atoms with van der Waals surface area (Å²) in [6, 6.07) is 0. The van der Waals surface area contributed by atoms with Crippen LogP contribution in [0.15, 0.2) is 0 Å². The normalized spacial score (nSPS) is 32.6. The number of piperidine rings is 1. The van der Waals surface area contributed by atoms with Crippen LogP contribution in [0, 0.1) is 11.8 Å². The molecule has 0 aromatic carbocycles. The molecule has 2 rings (SSSR count). The van der Waals surface area contributed by atoms with Crippen LogP contribution in [0.1, 0.15) is 25.7 Å². The lowest BCUT2D eigenvalue weighted by Crippen LogP contribution is -2.46. The minimum absolute atomic E-state index is 0.152. The first kappa shape index (κ1) is 9.49. The number of hydrogen-bond acceptors (Lipinski definition) is 2. The first-order valence-corrected chi connectivity index (χ1v) is 5.19. The maximum absolute atomic E-state index is 11.5. The summed E-state index contributed by atoms with van der Waals surface area (Å²) in [7, 11) is 0. The van der Waals surface area contributed by atoms with Crippen molar-refractivity contribution in [2.24, 2.45) is 11.8 Å². The van der Waals surface area contributed by atoms with E-state index in [2.05, 4.69) is 0 Å². The number of Topliss-reactive ketones (excluding diaryl/α,β-unsaturated/α-hetero) is 1. The van der Waals surface area contributed by atoms with E-state index in [0.717, 1.165) is 19.3 Å². The van der Waals surface area contributed by atoms with E-state index in [1.54, 1.807) is 0 Å². The summed E-state index contributed by atoms with van der Waals surface area (Å²) >= 11 is 0. The SMILES string of the molecule is O=C1CCC[C@@H]2CN(C(=O)O)CC[C@@H]12. The average Bonchev–Trinajstić information content (AvgIpc) is 2.17. The molecule has 2 aliphatic rings. The van der Waals surface area contributed by atoms with E-state index >= 15 is 0 Å². The first-order valence-electron chi connectivity index (χ1n) is 5.19. The molecule has 0 unspecified atom stereocenters. The van der Waals surface area contributed by atoms with E-state index in [-0.39, 0.29) is 5.92 Å². The number of hydrogen-bond donors (Lipinski definition) is 1. The average molecular weight is 197 g/mol. The predicted octanol–water partition coefficient (Wildman–Crippen LogP) is 1.36. The van der Waals surface area contributed by atoms with Gasteiger partial charge in [-0.25, -0.2) is 4.79 Å². The van der Waals surface area contributed by atoms with Crippen LogP contribution in [0.2, 0.25) is 0 Å². The van der Waals surface area contributed by atoms with Gasteiger partial charge in [0.25, 0.3) is 0 Å². The lowest BCUT2D eigenvalue weighted by atomic mass is 9.74. The van der Waals surface area contributed by atoms with Crippen LogP contribution < -0.4 is 0 Å². The number of carbonyl (C=O) groups is 2. The molecule has 1 saturated carbocycles. The van der Waals surface area contributed by atoms with Crippen molar-refractivity contribution in [3.63, 3.8) is 0 Å². The topological polar surface area (TPSA) is 57.6 Å². The second-order valence-electron chi connectivity index (χ2n) is 4.24. The number of carboxylic acid groups (broad SMARTS) is 1. The van der Waals surface area contributed by atoms with Crippen LogP contribution in [0.5, 0.6) is 0 Å². The van der Waals surface area contributed by atoms with Crippen LogP contribution in [-0.2, 0) is 4.79 Å². The Balaban J connectivity index is 2.03. The fraction of sp³-hybridized carbons (Fsp3) is 0.800. The molecule has 4 nitrogen and oxygen atoms in total. The molecular formula is C10H15NO3. The Morgan fingerprint density at radius 2 is 2.21 bits per heavy atom. The Labute approximate surface area is 82.9 Å². The van der Waals surface area contributed by atoms with Crippen molar-refractivity contribution in [2.45, 2.75) is 25.7 Å². The summed E-state index contributed by atoms with van der Waals surface area (Å²) in [4.78, 5) is 23.7. The van der Waals surface area contributed by atoms with E-state index in [1.807, 2.05) is 0 Å². The molecule has 0 bridgehead atoms. The van der Waals surface area contributed by atoms with E-state index in [9.17, 15) is 9.59 Å². The van der Waals surface area contributed by atoms with Gasteiger partial charge >= 0.3 is 6.09 Å². The molecule has 4 heteroatoms. The standard InChI is InChI=1S/C10H15NO3/c12-9-3-1-2-7-6-11(10(13)14)5-4-8(7)9/h7-8H,1-6H2,(H,13,14)/t7-,8-/m1/s1. The van der Waals surface area contributed by atoms with E-state index in [4.69, 9.17) is 5.11 Å². The number of likely N-dealkylation sites (tertiary alicyclic amines) is 1. The molecule has 1 saturated heterocycles. The fourth-order valence-corrected chi connectivity index (χ4v) is 2.65. The van der Waals surface area contributed by atoms with Gasteiger partial charge in [0.05, 0.1) is 0 Å². The van der Waals surface area contributed by atoms with Crippen molar-refractivity contribution in [3.05, 3.63) is 0 Å². The van der Waals surface area contributed by atoms with Crippen LogP contribution >= 0.6 is 0 Å². The second kappa shape index (κ2) is 3.59. The lowest BCUT2D eigenvalue weighted by molar-refractivity contribution is -0.128. The van der Waals surface area contributed by atoms with Crippen molar-refractivity contribution in [3.8, 4) is 0 Å². The Morgan fingerprint density at radius 3 is 2.93 bits per heavy atom. The minimum atomic E-state index is -0.846. The number of rotatable bonds is 0. The van der Waals surface area contributed by atoms with Gasteiger partial charge in [-0.3, -0.25) is 4.79 Å². The highest BCUT2D eigenvalue weighted by molar-refractivity contribution is 5.82. The molecule has 78 valence electrons. The molecule has 2 fully saturated rings. The van der Waals surface area contributed by atoms with E-state index < -0.39 is 6.09 Å². The Hall–Kier alpha value is -1.06. The largest absolute Gasteiger partial charge is 0.465 e. The van der Waals surface area contributed by atoms with Gasteiger partial charge in [0.15, 0.2) is 0 Å². The summed E-state index contributed by atoms with van der Waals surface area (Å²) in [6.07, 6.45) is 2.54. The highest BCUT2D eigenvalue weighted by Crippen LogP contribution is 2.33. The molecule has 1 N–H and O–H groups in total. The van der Waals surface area contributed by atoms with Crippen molar-refractivity contribution in [1.29, 1.82) is 0 Å². The van der Waals surface area contributed by atoms with Gasteiger partial charge in [-0.15, -0.1) is 0 Å². The molecule has 0 spiro atoms. The quantitative estimate of drug-likeness (QED) is 0.637. The van der Waals surface area contributed by atoms with Gasteiger partial charge in [-0.2, -0.15) is 0 Å². The Morgan fingerprint density at radius 1 is 1.43 bits per heavy atom. The molecular weight excluding hydrogens is 182 g/mol. The van der Waals surface area contributed by atoms with Crippen LogP contribution in [0.4, 0.5) is 4.79 Å². The van der Waals surface area contributed by atoms with Gasteiger partial charge in [0, 0.05) is 25.4 Å². The number of nitrogens with zero attached hydrogens (tertiary/aromatic N) is 1. The molecule has 0 aromatic heterocycles. The number of ketones is 1. The number of amides is 1. The second-order valence-corrected chi connectivity index (χ2v) is 4.24. The molecule has 14 heavy (non-hydrogen) atoms. The highest BCUT2D eigenvalue weighted by Gasteiger charge is 2.37. The molecule has 0 aromatic rings. The summed E-state index contributed by atoms with van der Waals surface area (Å²) in [5, 5.41) is 8.84. The monoisotopic (exact) mass is 197 g/mol. The molecule has 0 radical (unpaired) electrons. The van der Waals surface area contributed by atoms with Crippen molar-refractivity contribution < 1.29 is 14.7 Å². The lowest BCUT2D eigenvalue weighted by Gasteiger charge is -2.39. The molecule has 1 aliphatic heterocycles. The number of carbonyl (C=O) groups excluding carboxylic acids is 1. The molecule has 1 heterocycles. The van der Waals surface area contributed by atoms with Gasteiger partial charge < -0.3 is 10.0 Å². The summed E-state index contributed by atoms with van der Waals surface area (Å²) in [6.45, 7) is 1.09. The maximum atomic E-state index is 11.5. The minimum Gasteiger partial charge on any atom is -0.465 e. The van der Waals surface area contributed by atoms with Gasteiger partial charge in [0.1, 0.15) is 5.78 Å². The zero-order valence-corrected chi connectivity index (χ0v) is 8.11. The van der Waals surface area contributed by atoms with Crippen molar-refractivity contribution >= 4 is 11.9 Å². The van der Waals surface area contributed by atoms with Gasteiger partial charge in [-0.1, -0.05) is 0 Å². The Kier molecular flexibility index (Phi) is 2.44. The predicted molar refractivity (Wildman–Crippen MR) is 50.1 cm³/mol. The van der Waals surface area contributed by atoms with Crippen molar-refractivity contribution in [1.82, 2.24) is 4.90 Å². The van der Waals surface area contributed by atoms with Crippen LogP contribution in [-0.4, -0.2) is 35.0 Å². The van der Waals surface area contributed by atoms with Crippen LogP contribution in [0.3, 0.4) is 0 Å². The smallest absolute Gasteiger partial charge is 0.407 e. The van der Waals surface area contributed by atoms with E-state index in [0.29, 0.717) is 31.2 Å². The zero-order valence-electron chi connectivity index (χ0n) is 8.11. The summed E-state index contributed by atoms with van der Waals surface area (Å²) in [5.41, 5.74) is 0. The Bertz CT molecular complexity index is 264. The molecule has 1 amide bonds. The van der Waals surface area contributed by atoms with Gasteiger partial charge in [0.2, 0.25) is 0 Å². The first-order chi connectivity index (χ1) is 6.68.